The van der Waals surface area contributed by atoms with E-state index in [9.17, 15) is 4.79 Å². The maximum atomic E-state index is 12.2. The predicted octanol–water partition coefficient (Wildman–Crippen LogP) is 1.56. The molecule has 1 aliphatic carbocycles. The van der Waals surface area contributed by atoms with Crippen LogP contribution in [-0.2, 0) is 4.74 Å². The zero-order valence-electron chi connectivity index (χ0n) is 10.6. The van der Waals surface area contributed by atoms with Crippen molar-refractivity contribution >= 4 is 5.82 Å². The van der Waals surface area contributed by atoms with Crippen LogP contribution in [0.4, 0.5) is 5.82 Å². The van der Waals surface area contributed by atoms with Gasteiger partial charge in [0.25, 0.3) is 5.56 Å². The third kappa shape index (κ3) is 2.41. The van der Waals surface area contributed by atoms with Gasteiger partial charge in [0.05, 0.1) is 6.10 Å². The molecule has 2 atom stereocenters. The molecule has 5 nitrogen and oxygen atoms in total. The summed E-state index contributed by atoms with van der Waals surface area (Å²) in [6.45, 7) is 2.82. The van der Waals surface area contributed by atoms with Crippen molar-refractivity contribution in [3.05, 3.63) is 22.7 Å². The van der Waals surface area contributed by atoms with Gasteiger partial charge in [-0.05, 0) is 32.6 Å². The van der Waals surface area contributed by atoms with Crippen LogP contribution in [0.2, 0.25) is 0 Å². The first-order chi connectivity index (χ1) is 8.74. The summed E-state index contributed by atoms with van der Waals surface area (Å²) in [7, 11) is 0. The highest BCUT2D eigenvalue weighted by molar-refractivity contribution is 5.32. The van der Waals surface area contributed by atoms with Crippen molar-refractivity contribution in [2.24, 2.45) is 0 Å². The second-order valence-electron chi connectivity index (χ2n) is 5.27. The number of rotatable bonds is 3. The average molecular weight is 249 g/mol. The molecule has 1 N–H and O–H groups in total. The second kappa shape index (κ2) is 4.72. The Morgan fingerprint density at radius 2 is 2.28 bits per heavy atom. The van der Waals surface area contributed by atoms with E-state index < -0.39 is 0 Å². The van der Waals surface area contributed by atoms with Crippen molar-refractivity contribution in [2.75, 3.05) is 11.9 Å². The van der Waals surface area contributed by atoms with Crippen LogP contribution in [0.25, 0.3) is 0 Å². The van der Waals surface area contributed by atoms with Crippen LogP contribution < -0.4 is 10.9 Å². The molecule has 1 aliphatic heterocycles. The maximum Gasteiger partial charge on any atom is 0.293 e. The lowest BCUT2D eigenvalue weighted by Crippen LogP contribution is -2.35. The largest absolute Gasteiger partial charge is 0.378 e. The van der Waals surface area contributed by atoms with E-state index >= 15 is 0 Å². The van der Waals surface area contributed by atoms with Gasteiger partial charge in [-0.25, -0.2) is 4.98 Å². The second-order valence-corrected chi connectivity index (χ2v) is 5.27. The summed E-state index contributed by atoms with van der Waals surface area (Å²) >= 11 is 0. The molecule has 98 valence electrons. The van der Waals surface area contributed by atoms with E-state index in [0.717, 1.165) is 32.3 Å². The first-order valence-electron chi connectivity index (χ1n) is 6.69. The molecule has 2 aliphatic rings. The van der Waals surface area contributed by atoms with Gasteiger partial charge in [-0.15, -0.1) is 0 Å². The third-order valence-electron chi connectivity index (χ3n) is 3.63. The quantitative estimate of drug-likeness (QED) is 0.883. The fourth-order valence-electron chi connectivity index (χ4n) is 2.49. The first kappa shape index (κ1) is 11.7. The molecular weight excluding hydrogens is 230 g/mol. The molecule has 2 fully saturated rings. The lowest BCUT2D eigenvalue weighted by Gasteiger charge is -2.28. The summed E-state index contributed by atoms with van der Waals surface area (Å²) in [6.07, 6.45) is 7.84. The van der Waals surface area contributed by atoms with Gasteiger partial charge in [0, 0.05) is 31.1 Å². The zero-order chi connectivity index (χ0) is 12.5. The molecule has 5 heteroatoms. The van der Waals surface area contributed by atoms with Gasteiger partial charge >= 0.3 is 0 Å². The first-order valence-corrected chi connectivity index (χ1v) is 6.69. The fourth-order valence-corrected chi connectivity index (χ4v) is 2.49. The van der Waals surface area contributed by atoms with E-state index in [1.165, 1.54) is 0 Å². The SMILES string of the molecule is CC1CC(Nc2nccn(C3CC3)c2=O)CCO1. The average Bonchev–Trinajstić information content (AvgIpc) is 3.16. The molecular formula is C13H19N3O2. The monoisotopic (exact) mass is 249 g/mol. The molecule has 0 radical (unpaired) electrons. The van der Waals surface area contributed by atoms with Crippen LogP contribution in [0.5, 0.6) is 0 Å². The predicted molar refractivity (Wildman–Crippen MR) is 68.8 cm³/mol. The number of hydrogen-bond acceptors (Lipinski definition) is 4. The van der Waals surface area contributed by atoms with Crippen LogP contribution in [0, 0.1) is 0 Å². The van der Waals surface area contributed by atoms with E-state index in [4.69, 9.17) is 4.74 Å². The molecule has 1 saturated carbocycles. The van der Waals surface area contributed by atoms with Gasteiger partial charge in [-0.2, -0.15) is 0 Å². The molecule has 0 bridgehead atoms. The highest BCUT2D eigenvalue weighted by atomic mass is 16.5. The van der Waals surface area contributed by atoms with Gasteiger partial charge in [0.1, 0.15) is 0 Å². The minimum absolute atomic E-state index is 0.0131. The fraction of sp³-hybridized carbons (Fsp3) is 0.692. The third-order valence-corrected chi connectivity index (χ3v) is 3.63. The van der Waals surface area contributed by atoms with Crippen molar-refractivity contribution in [2.45, 2.75) is 50.8 Å². The van der Waals surface area contributed by atoms with Gasteiger partial charge in [0.2, 0.25) is 0 Å². The molecule has 1 saturated heterocycles. The Morgan fingerprint density at radius 1 is 1.44 bits per heavy atom. The molecule has 0 spiro atoms. The molecule has 3 rings (SSSR count). The smallest absolute Gasteiger partial charge is 0.293 e. The lowest BCUT2D eigenvalue weighted by atomic mass is 10.0. The Balaban J connectivity index is 1.75. The zero-order valence-corrected chi connectivity index (χ0v) is 10.6. The van der Waals surface area contributed by atoms with Crippen LogP contribution in [0.15, 0.2) is 17.2 Å². The Morgan fingerprint density at radius 3 is 3.00 bits per heavy atom. The molecule has 2 unspecified atom stereocenters. The minimum Gasteiger partial charge on any atom is -0.378 e. The van der Waals surface area contributed by atoms with E-state index in [-0.39, 0.29) is 11.7 Å². The van der Waals surface area contributed by atoms with Crippen LogP contribution in [0.3, 0.4) is 0 Å². The standard InChI is InChI=1S/C13H19N3O2/c1-9-8-10(4-7-18-9)15-12-13(17)16(6-5-14-12)11-2-3-11/h5-6,9-11H,2-4,7-8H2,1H3,(H,14,15). The van der Waals surface area contributed by atoms with Crippen molar-refractivity contribution in [1.29, 1.82) is 0 Å². The van der Waals surface area contributed by atoms with Crippen molar-refractivity contribution in [3.8, 4) is 0 Å². The molecule has 0 amide bonds. The number of nitrogens with zero attached hydrogens (tertiary/aromatic N) is 2. The van der Waals surface area contributed by atoms with Gasteiger partial charge in [-0.1, -0.05) is 0 Å². The lowest BCUT2D eigenvalue weighted by molar-refractivity contribution is 0.0231. The maximum absolute atomic E-state index is 12.2. The van der Waals surface area contributed by atoms with Crippen LogP contribution in [-0.4, -0.2) is 28.3 Å². The Bertz CT molecular complexity index is 481. The normalized spacial score (nSPS) is 28.1. The highest BCUT2D eigenvalue weighted by Gasteiger charge is 2.26. The van der Waals surface area contributed by atoms with Gasteiger partial charge in [0.15, 0.2) is 5.82 Å². The minimum atomic E-state index is 0.0131. The number of aromatic nitrogens is 2. The molecule has 18 heavy (non-hydrogen) atoms. The molecule has 2 heterocycles. The highest BCUT2D eigenvalue weighted by Crippen LogP contribution is 2.33. The summed E-state index contributed by atoms with van der Waals surface area (Å²) in [5.41, 5.74) is 0.0131. The number of nitrogens with one attached hydrogen (secondary N) is 1. The Labute approximate surface area is 106 Å². The Hall–Kier alpha value is -1.36. The molecule has 0 aromatic carbocycles. The summed E-state index contributed by atoms with van der Waals surface area (Å²) in [5.74, 6) is 0.489. The van der Waals surface area contributed by atoms with Crippen LogP contribution in [0.1, 0.15) is 38.6 Å². The molecule has 1 aromatic heterocycles. The Kier molecular flexibility index (Phi) is 3.07. The summed E-state index contributed by atoms with van der Waals surface area (Å²) in [5, 5.41) is 3.28. The van der Waals surface area contributed by atoms with Gasteiger partial charge < -0.3 is 14.6 Å². The van der Waals surface area contributed by atoms with Crippen molar-refractivity contribution in [1.82, 2.24) is 9.55 Å². The number of anilines is 1. The number of ether oxygens (including phenoxy) is 1. The summed E-state index contributed by atoms with van der Waals surface area (Å²) < 4.78 is 7.31. The summed E-state index contributed by atoms with van der Waals surface area (Å²) in [4.78, 5) is 16.4. The van der Waals surface area contributed by atoms with E-state index in [2.05, 4.69) is 17.2 Å². The van der Waals surface area contributed by atoms with E-state index in [0.29, 0.717) is 17.9 Å². The topological polar surface area (TPSA) is 56.2 Å². The van der Waals surface area contributed by atoms with Crippen LogP contribution >= 0.6 is 0 Å². The number of hydrogen-bond donors (Lipinski definition) is 1. The summed E-state index contributed by atoms with van der Waals surface area (Å²) in [6, 6.07) is 0.693. The van der Waals surface area contributed by atoms with Gasteiger partial charge in [-0.3, -0.25) is 4.79 Å². The van der Waals surface area contributed by atoms with E-state index in [1.54, 1.807) is 17.0 Å². The van der Waals surface area contributed by atoms with E-state index in [1.807, 2.05) is 0 Å². The molecule has 1 aromatic rings. The van der Waals surface area contributed by atoms with Crippen molar-refractivity contribution < 1.29 is 4.74 Å². The van der Waals surface area contributed by atoms with Crippen molar-refractivity contribution in [3.63, 3.8) is 0 Å².